The van der Waals surface area contributed by atoms with Crippen molar-refractivity contribution in [1.82, 2.24) is 5.32 Å². The van der Waals surface area contributed by atoms with Crippen molar-refractivity contribution in [3.8, 4) is 0 Å². The fourth-order valence-corrected chi connectivity index (χ4v) is 1.66. The summed E-state index contributed by atoms with van der Waals surface area (Å²) in [6.45, 7) is 1.02. The lowest BCUT2D eigenvalue weighted by atomic mass is 9.95. The van der Waals surface area contributed by atoms with Gasteiger partial charge in [0.25, 0.3) is 0 Å². The van der Waals surface area contributed by atoms with Crippen LogP contribution in [0.1, 0.15) is 12.0 Å². The summed E-state index contributed by atoms with van der Waals surface area (Å²) in [6.07, 6.45) is 0.471. The standard InChI is InChI=1S/C10H11F2N/c11-9-3-1-8(2-4-9)10(12)5-6-13-7-10/h1-4,13H,5-7H2/t10-/m0/s1. The molecule has 0 saturated carbocycles. The van der Waals surface area contributed by atoms with Crippen LogP contribution in [0.3, 0.4) is 0 Å². The first kappa shape index (κ1) is 8.63. The van der Waals surface area contributed by atoms with Crippen LogP contribution < -0.4 is 5.32 Å². The summed E-state index contributed by atoms with van der Waals surface area (Å²) in [5, 5.41) is 2.96. The molecule has 0 bridgehead atoms. The average Bonchev–Trinajstić information content (AvgIpc) is 2.54. The molecule has 1 heterocycles. The topological polar surface area (TPSA) is 12.0 Å². The maximum atomic E-state index is 14.0. The van der Waals surface area contributed by atoms with Gasteiger partial charge in [0.2, 0.25) is 0 Å². The zero-order valence-corrected chi connectivity index (χ0v) is 7.19. The molecule has 0 unspecified atom stereocenters. The van der Waals surface area contributed by atoms with Gasteiger partial charge in [-0.2, -0.15) is 0 Å². The van der Waals surface area contributed by atoms with Crippen LogP contribution in [0.15, 0.2) is 24.3 Å². The molecule has 0 amide bonds. The van der Waals surface area contributed by atoms with Crippen molar-refractivity contribution in [2.24, 2.45) is 0 Å². The summed E-state index contributed by atoms with van der Waals surface area (Å²) < 4.78 is 26.6. The summed E-state index contributed by atoms with van der Waals surface area (Å²) in [5.74, 6) is -0.321. The van der Waals surface area contributed by atoms with Crippen LogP contribution in [0.25, 0.3) is 0 Å². The highest BCUT2D eigenvalue weighted by atomic mass is 19.1. The predicted molar refractivity (Wildman–Crippen MR) is 46.7 cm³/mol. The molecule has 0 radical (unpaired) electrons. The molecule has 2 rings (SSSR count). The maximum Gasteiger partial charge on any atom is 0.149 e. The third-order valence-corrected chi connectivity index (χ3v) is 2.46. The van der Waals surface area contributed by atoms with Crippen molar-refractivity contribution >= 4 is 0 Å². The lowest BCUT2D eigenvalue weighted by Gasteiger charge is -2.18. The van der Waals surface area contributed by atoms with Gasteiger partial charge in [-0.25, -0.2) is 8.78 Å². The lowest BCUT2D eigenvalue weighted by Crippen LogP contribution is -2.23. The maximum absolute atomic E-state index is 14.0. The second-order valence-electron chi connectivity index (χ2n) is 3.40. The van der Waals surface area contributed by atoms with Crippen molar-refractivity contribution in [2.75, 3.05) is 13.1 Å². The molecule has 3 heteroatoms. The van der Waals surface area contributed by atoms with Gasteiger partial charge in [0, 0.05) is 6.54 Å². The van der Waals surface area contributed by atoms with Crippen LogP contribution in [-0.2, 0) is 5.67 Å². The lowest BCUT2D eigenvalue weighted by molar-refractivity contribution is 0.193. The molecule has 1 atom stereocenters. The van der Waals surface area contributed by atoms with Gasteiger partial charge in [-0.3, -0.25) is 0 Å². The van der Waals surface area contributed by atoms with Crippen molar-refractivity contribution in [1.29, 1.82) is 0 Å². The number of alkyl halides is 1. The number of hydrogen-bond acceptors (Lipinski definition) is 1. The van der Waals surface area contributed by atoms with Crippen LogP contribution >= 0.6 is 0 Å². The number of hydrogen-bond donors (Lipinski definition) is 1. The Morgan fingerprint density at radius 2 is 1.92 bits per heavy atom. The van der Waals surface area contributed by atoms with Gasteiger partial charge in [0.1, 0.15) is 11.5 Å². The van der Waals surface area contributed by atoms with Crippen molar-refractivity contribution in [2.45, 2.75) is 12.1 Å². The Balaban J connectivity index is 2.29. The Morgan fingerprint density at radius 1 is 1.23 bits per heavy atom. The molecule has 0 aromatic heterocycles. The quantitative estimate of drug-likeness (QED) is 0.702. The van der Waals surface area contributed by atoms with E-state index in [9.17, 15) is 8.78 Å². The minimum Gasteiger partial charge on any atom is -0.313 e. The van der Waals surface area contributed by atoms with Gasteiger partial charge in [-0.1, -0.05) is 12.1 Å². The zero-order valence-electron chi connectivity index (χ0n) is 7.19. The van der Waals surface area contributed by atoms with Crippen molar-refractivity contribution in [3.05, 3.63) is 35.6 Å². The van der Waals surface area contributed by atoms with E-state index in [-0.39, 0.29) is 5.82 Å². The number of nitrogens with one attached hydrogen (secondary N) is 1. The minimum atomic E-state index is -1.30. The molecule has 70 valence electrons. The first-order valence-electron chi connectivity index (χ1n) is 4.36. The van der Waals surface area contributed by atoms with Crippen LogP contribution in [0, 0.1) is 5.82 Å². The van der Waals surface area contributed by atoms with Crippen LogP contribution in [0.5, 0.6) is 0 Å². The minimum absolute atomic E-state index is 0.321. The van der Waals surface area contributed by atoms with E-state index in [1.54, 1.807) is 0 Å². The van der Waals surface area contributed by atoms with Gasteiger partial charge in [-0.05, 0) is 30.7 Å². The third-order valence-electron chi connectivity index (χ3n) is 2.46. The van der Waals surface area contributed by atoms with Crippen molar-refractivity contribution < 1.29 is 8.78 Å². The van der Waals surface area contributed by atoms with Crippen molar-refractivity contribution in [3.63, 3.8) is 0 Å². The van der Waals surface area contributed by atoms with Crippen LogP contribution in [-0.4, -0.2) is 13.1 Å². The molecule has 0 aliphatic carbocycles. The first-order chi connectivity index (χ1) is 6.21. The normalized spacial score (nSPS) is 27.8. The highest BCUT2D eigenvalue weighted by Gasteiger charge is 2.35. The third kappa shape index (κ3) is 1.56. The predicted octanol–water partition coefficient (Wildman–Crippen LogP) is 1.98. The van der Waals surface area contributed by atoms with Gasteiger partial charge in [0.15, 0.2) is 0 Å². The Morgan fingerprint density at radius 3 is 2.46 bits per heavy atom. The summed E-state index contributed by atoms with van der Waals surface area (Å²) in [7, 11) is 0. The molecule has 1 saturated heterocycles. The number of halogens is 2. The average molecular weight is 183 g/mol. The van der Waals surface area contributed by atoms with Crippen LogP contribution in [0.4, 0.5) is 8.78 Å². The van der Waals surface area contributed by atoms with E-state index < -0.39 is 5.67 Å². The van der Waals surface area contributed by atoms with Gasteiger partial charge in [-0.15, -0.1) is 0 Å². The Hall–Kier alpha value is -0.960. The largest absolute Gasteiger partial charge is 0.313 e. The van der Waals surface area contributed by atoms with E-state index in [1.165, 1.54) is 24.3 Å². The monoisotopic (exact) mass is 183 g/mol. The summed E-state index contributed by atoms with van der Waals surface area (Å²) in [4.78, 5) is 0. The fraction of sp³-hybridized carbons (Fsp3) is 0.400. The zero-order chi connectivity index (χ0) is 9.31. The molecular formula is C10H11F2N. The van der Waals surface area contributed by atoms with E-state index >= 15 is 0 Å². The Kier molecular flexibility index (Phi) is 2.04. The van der Waals surface area contributed by atoms with Crippen LogP contribution in [0.2, 0.25) is 0 Å². The number of benzene rings is 1. The molecule has 0 spiro atoms. The Labute approximate surface area is 75.8 Å². The second kappa shape index (κ2) is 3.07. The van der Waals surface area contributed by atoms with Gasteiger partial charge in [0.05, 0.1) is 0 Å². The highest BCUT2D eigenvalue weighted by molar-refractivity contribution is 5.24. The summed E-state index contributed by atoms with van der Waals surface area (Å²) >= 11 is 0. The molecular weight excluding hydrogens is 172 g/mol. The van der Waals surface area contributed by atoms with E-state index in [0.717, 1.165) is 0 Å². The number of rotatable bonds is 1. The molecule has 1 aliphatic rings. The molecule has 1 nitrogen and oxygen atoms in total. The van der Waals surface area contributed by atoms with E-state index in [4.69, 9.17) is 0 Å². The molecule has 1 aromatic carbocycles. The first-order valence-corrected chi connectivity index (χ1v) is 4.36. The molecule has 1 aromatic rings. The second-order valence-corrected chi connectivity index (χ2v) is 3.40. The van der Waals surface area contributed by atoms with E-state index in [0.29, 0.717) is 25.1 Å². The van der Waals surface area contributed by atoms with E-state index in [1.807, 2.05) is 0 Å². The fourth-order valence-electron chi connectivity index (χ4n) is 1.66. The molecule has 1 fully saturated rings. The highest BCUT2D eigenvalue weighted by Crippen LogP contribution is 2.31. The summed E-state index contributed by atoms with van der Waals surface area (Å²) in [6, 6.07) is 5.63. The molecule has 1 aliphatic heterocycles. The van der Waals surface area contributed by atoms with Gasteiger partial charge >= 0.3 is 0 Å². The smallest absolute Gasteiger partial charge is 0.149 e. The van der Waals surface area contributed by atoms with E-state index in [2.05, 4.69) is 5.32 Å². The molecule has 13 heavy (non-hydrogen) atoms. The molecule has 1 N–H and O–H groups in total. The van der Waals surface area contributed by atoms with Gasteiger partial charge < -0.3 is 5.32 Å². The SMILES string of the molecule is Fc1ccc([C@]2(F)CCNC2)cc1. The summed E-state index contributed by atoms with van der Waals surface area (Å²) in [5.41, 5.74) is -0.729. The Bertz CT molecular complexity index is 288.